The minimum absolute atomic E-state index is 0.0280. The van der Waals surface area contributed by atoms with Crippen LogP contribution in [0.25, 0.3) is 0 Å². The lowest BCUT2D eigenvalue weighted by Crippen LogP contribution is -2.43. The summed E-state index contributed by atoms with van der Waals surface area (Å²) in [5.41, 5.74) is 1.90. The summed E-state index contributed by atoms with van der Waals surface area (Å²) in [5, 5.41) is 13.4. The second kappa shape index (κ2) is 10.8. The first-order valence-electron chi connectivity index (χ1n) is 10.8. The third-order valence-corrected chi connectivity index (χ3v) is 5.76. The molecule has 6 heteroatoms. The highest BCUT2D eigenvalue weighted by atomic mass is 16.5. The van der Waals surface area contributed by atoms with E-state index in [1.54, 1.807) is 4.90 Å². The van der Waals surface area contributed by atoms with E-state index in [2.05, 4.69) is 22.3 Å². The molecule has 1 amide bonds. The fourth-order valence-corrected chi connectivity index (χ4v) is 4.10. The fraction of sp³-hybridized carbons (Fsp3) is 0.682. The van der Waals surface area contributed by atoms with Crippen molar-refractivity contribution >= 4 is 11.6 Å². The van der Waals surface area contributed by atoms with Crippen molar-refractivity contribution in [2.45, 2.75) is 51.2 Å². The summed E-state index contributed by atoms with van der Waals surface area (Å²) in [6, 6.07) is 8.56. The van der Waals surface area contributed by atoms with E-state index in [4.69, 9.17) is 4.74 Å². The molecule has 1 aromatic rings. The second-order valence-electron chi connectivity index (χ2n) is 7.86. The second-order valence-corrected chi connectivity index (χ2v) is 7.86. The molecule has 0 aliphatic carbocycles. The molecule has 2 N–H and O–H groups in total. The summed E-state index contributed by atoms with van der Waals surface area (Å²) >= 11 is 0. The molecule has 28 heavy (non-hydrogen) atoms. The summed E-state index contributed by atoms with van der Waals surface area (Å²) in [5.74, 6) is 0.0280. The first-order valence-corrected chi connectivity index (χ1v) is 10.8. The molecule has 0 saturated carbocycles. The van der Waals surface area contributed by atoms with Crippen molar-refractivity contribution in [3.8, 4) is 0 Å². The minimum atomic E-state index is -0.383. The van der Waals surface area contributed by atoms with E-state index in [0.29, 0.717) is 18.2 Å². The number of hydrogen-bond donors (Lipinski definition) is 2. The number of carbonyl (C=O) groups excluding carboxylic acids is 1. The standard InChI is InChI=1S/C22H35N3O3/c1-2-28-16-4-12-23-19-10-14-24(15-11-19)20-8-6-18(7-9-20)22(27)25-13-3-5-21(26)17-25/h6-9,19,21,23,26H,2-5,10-17H2,1H3/t21-/m1/s1. The molecule has 2 heterocycles. The number of benzene rings is 1. The largest absolute Gasteiger partial charge is 0.391 e. The minimum Gasteiger partial charge on any atom is -0.391 e. The van der Waals surface area contributed by atoms with Gasteiger partial charge in [0, 0.05) is 56.7 Å². The third-order valence-electron chi connectivity index (χ3n) is 5.76. The van der Waals surface area contributed by atoms with Crippen molar-refractivity contribution in [3.05, 3.63) is 29.8 Å². The van der Waals surface area contributed by atoms with Crippen LogP contribution in [0.4, 0.5) is 5.69 Å². The Morgan fingerprint density at radius 3 is 2.61 bits per heavy atom. The number of aliphatic hydroxyl groups excluding tert-OH is 1. The highest BCUT2D eigenvalue weighted by molar-refractivity contribution is 5.94. The Hall–Kier alpha value is -1.63. The van der Waals surface area contributed by atoms with Crippen molar-refractivity contribution in [2.75, 3.05) is 50.8 Å². The number of nitrogens with one attached hydrogen (secondary N) is 1. The summed E-state index contributed by atoms with van der Waals surface area (Å²) in [7, 11) is 0. The Kier molecular flexibility index (Phi) is 8.13. The number of β-amino-alcohol motifs (C(OH)–C–C–N with tert-alkyl or cyclic N) is 1. The first kappa shape index (κ1) is 21.1. The molecule has 1 atom stereocenters. The quantitative estimate of drug-likeness (QED) is 0.668. The van der Waals surface area contributed by atoms with E-state index >= 15 is 0 Å². The van der Waals surface area contributed by atoms with Crippen LogP contribution in [-0.4, -0.2) is 74.0 Å². The number of rotatable bonds is 8. The highest BCUT2D eigenvalue weighted by Crippen LogP contribution is 2.22. The number of hydrogen-bond acceptors (Lipinski definition) is 5. The number of aliphatic hydroxyl groups is 1. The molecule has 156 valence electrons. The van der Waals surface area contributed by atoms with E-state index < -0.39 is 0 Å². The van der Waals surface area contributed by atoms with Gasteiger partial charge in [-0.25, -0.2) is 0 Å². The zero-order valence-electron chi connectivity index (χ0n) is 17.1. The zero-order valence-corrected chi connectivity index (χ0v) is 17.1. The van der Waals surface area contributed by atoms with Crippen LogP contribution in [0.15, 0.2) is 24.3 Å². The molecular formula is C22H35N3O3. The van der Waals surface area contributed by atoms with Gasteiger partial charge < -0.3 is 25.0 Å². The molecule has 0 bridgehead atoms. The van der Waals surface area contributed by atoms with Crippen LogP contribution < -0.4 is 10.2 Å². The number of piperidine rings is 2. The lowest BCUT2D eigenvalue weighted by atomic mass is 10.0. The smallest absolute Gasteiger partial charge is 0.253 e. The van der Waals surface area contributed by atoms with Crippen LogP contribution in [0.2, 0.25) is 0 Å². The summed E-state index contributed by atoms with van der Waals surface area (Å²) < 4.78 is 5.38. The van der Waals surface area contributed by atoms with Gasteiger partial charge in [-0.05, 0) is 69.8 Å². The number of anilines is 1. The van der Waals surface area contributed by atoms with Gasteiger partial charge in [0.05, 0.1) is 6.10 Å². The van der Waals surface area contributed by atoms with Gasteiger partial charge in [0.25, 0.3) is 5.91 Å². The van der Waals surface area contributed by atoms with E-state index in [-0.39, 0.29) is 12.0 Å². The van der Waals surface area contributed by atoms with Crippen LogP contribution >= 0.6 is 0 Å². The summed E-state index contributed by atoms with van der Waals surface area (Å²) in [4.78, 5) is 16.8. The monoisotopic (exact) mass is 389 g/mol. The van der Waals surface area contributed by atoms with Gasteiger partial charge in [0.2, 0.25) is 0 Å². The zero-order chi connectivity index (χ0) is 19.8. The van der Waals surface area contributed by atoms with E-state index in [1.165, 1.54) is 5.69 Å². The SMILES string of the molecule is CCOCCCNC1CCN(c2ccc(C(=O)N3CCC[C@@H](O)C3)cc2)CC1. The topological polar surface area (TPSA) is 65.0 Å². The molecule has 1 aromatic carbocycles. The predicted octanol–water partition coefficient (Wildman–Crippen LogP) is 2.27. The maximum absolute atomic E-state index is 12.6. The van der Waals surface area contributed by atoms with Gasteiger partial charge in [0.15, 0.2) is 0 Å². The number of nitrogens with zero attached hydrogens (tertiary/aromatic N) is 2. The van der Waals surface area contributed by atoms with E-state index in [1.807, 2.05) is 19.1 Å². The van der Waals surface area contributed by atoms with Crippen LogP contribution in [0, 0.1) is 0 Å². The van der Waals surface area contributed by atoms with Gasteiger partial charge in [-0.3, -0.25) is 4.79 Å². The summed E-state index contributed by atoms with van der Waals surface area (Å²) in [6.07, 6.45) is 4.63. The molecule has 0 unspecified atom stereocenters. The van der Waals surface area contributed by atoms with Crippen molar-refractivity contribution < 1.29 is 14.6 Å². The maximum atomic E-state index is 12.6. The van der Waals surface area contributed by atoms with Gasteiger partial charge in [0.1, 0.15) is 0 Å². The Bertz CT molecular complexity index is 600. The molecular weight excluding hydrogens is 354 g/mol. The Morgan fingerprint density at radius 1 is 1.18 bits per heavy atom. The molecule has 6 nitrogen and oxygen atoms in total. The number of ether oxygens (including phenoxy) is 1. The molecule has 2 aliphatic heterocycles. The number of carbonyl (C=O) groups is 1. The third kappa shape index (κ3) is 5.93. The average molecular weight is 390 g/mol. The maximum Gasteiger partial charge on any atom is 0.253 e. The van der Waals surface area contributed by atoms with Crippen LogP contribution in [0.3, 0.4) is 0 Å². The molecule has 2 saturated heterocycles. The van der Waals surface area contributed by atoms with E-state index in [9.17, 15) is 9.90 Å². The van der Waals surface area contributed by atoms with Crippen molar-refractivity contribution in [2.24, 2.45) is 0 Å². The molecule has 2 aliphatic rings. The van der Waals surface area contributed by atoms with Gasteiger partial charge in [-0.2, -0.15) is 0 Å². The first-order chi connectivity index (χ1) is 13.7. The number of amides is 1. The molecule has 2 fully saturated rings. The molecule has 0 spiro atoms. The van der Waals surface area contributed by atoms with Gasteiger partial charge in [-0.15, -0.1) is 0 Å². The van der Waals surface area contributed by atoms with Crippen LogP contribution in [0.5, 0.6) is 0 Å². The lowest BCUT2D eigenvalue weighted by molar-refractivity contribution is 0.0474. The van der Waals surface area contributed by atoms with Crippen LogP contribution in [0.1, 0.15) is 49.4 Å². The average Bonchev–Trinajstić information content (AvgIpc) is 2.74. The van der Waals surface area contributed by atoms with Crippen molar-refractivity contribution in [1.82, 2.24) is 10.2 Å². The Labute approximate surface area is 168 Å². The van der Waals surface area contributed by atoms with Crippen molar-refractivity contribution in [3.63, 3.8) is 0 Å². The van der Waals surface area contributed by atoms with Crippen molar-refractivity contribution in [1.29, 1.82) is 0 Å². The Morgan fingerprint density at radius 2 is 1.93 bits per heavy atom. The van der Waals surface area contributed by atoms with Gasteiger partial charge in [-0.1, -0.05) is 0 Å². The molecule has 3 rings (SSSR count). The normalized spacial score (nSPS) is 21.1. The predicted molar refractivity (Wildman–Crippen MR) is 112 cm³/mol. The van der Waals surface area contributed by atoms with Crippen LogP contribution in [-0.2, 0) is 4.74 Å². The fourth-order valence-electron chi connectivity index (χ4n) is 4.10. The molecule has 0 radical (unpaired) electrons. The van der Waals surface area contributed by atoms with Gasteiger partial charge >= 0.3 is 0 Å². The lowest BCUT2D eigenvalue weighted by Gasteiger charge is -2.34. The summed E-state index contributed by atoms with van der Waals surface area (Å²) in [6.45, 7) is 7.95. The Balaban J connectivity index is 1.44. The number of likely N-dealkylation sites (tertiary alicyclic amines) is 1. The van der Waals surface area contributed by atoms with E-state index in [0.717, 1.165) is 71.5 Å². The highest BCUT2D eigenvalue weighted by Gasteiger charge is 2.23. The molecule has 0 aromatic heterocycles.